The van der Waals surface area contributed by atoms with Gasteiger partial charge in [-0.1, -0.05) is 0 Å². The van der Waals surface area contributed by atoms with E-state index in [1.54, 1.807) is 25.1 Å². The lowest BCUT2D eigenvalue weighted by Crippen LogP contribution is -1.93. The molecule has 1 N–H and O–H groups in total. The number of hydrogen-bond donors (Lipinski definition) is 1. The molecule has 4 nitrogen and oxygen atoms in total. The standard InChI is InChI=1S/C12H10O4/c1-8-4-5-12(16-8)10(14)7-9(13)11-3-2-6-15-11/h2-7,14H,1H3. The van der Waals surface area contributed by atoms with E-state index >= 15 is 0 Å². The first-order valence-corrected chi connectivity index (χ1v) is 4.72. The summed E-state index contributed by atoms with van der Waals surface area (Å²) in [5, 5.41) is 9.61. The van der Waals surface area contributed by atoms with Gasteiger partial charge in [-0.2, -0.15) is 0 Å². The lowest BCUT2D eigenvalue weighted by atomic mass is 10.2. The average molecular weight is 218 g/mol. The molecule has 0 saturated carbocycles. The predicted octanol–water partition coefficient (Wildman–Crippen LogP) is 2.96. The Morgan fingerprint density at radius 2 is 2.12 bits per heavy atom. The van der Waals surface area contributed by atoms with E-state index in [2.05, 4.69) is 0 Å². The van der Waals surface area contributed by atoms with Gasteiger partial charge in [0.05, 0.1) is 6.26 Å². The molecular formula is C12H10O4. The van der Waals surface area contributed by atoms with E-state index in [1.807, 2.05) is 0 Å². The maximum absolute atomic E-state index is 11.5. The molecule has 2 heterocycles. The Hall–Kier alpha value is -2.23. The van der Waals surface area contributed by atoms with E-state index in [4.69, 9.17) is 8.83 Å². The van der Waals surface area contributed by atoms with Crippen LogP contribution in [0.5, 0.6) is 0 Å². The molecule has 0 aliphatic carbocycles. The molecule has 0 saturated heterocycles. The van der Waals surface area contributed by atoms with Gasteiger partial charge in [0.15, 0.2) is 17.3 Å². The number of ketones is 1. The van der Waals surface area contributed by atoms with Crippen LogP contribution in [-0.4, -0.2) is 10.9 Å². The minimum absolute atomic E-state index is 0.176. The van der Waals surface area contributed by atoms with Gasteiger partial charge in [0.2, 0.25) is 5.78 Å². The monoisotopic (exact) mass is 218 g/mol. The van der Waals surface area contributed by atoms with Crippen molar-refractivity contribution in [2.75, 3.05) is 0 Å². The number of aliphatic hydroxyl groups is 1. The van der Waals surface area contributed by atoms with Crippen molar-refractivity contribution in [3.05, 3.63) is 53.9 Å². The lowest BCUT2D eigenvalue weighted by molar-refractivity contribution is 0.102. The number of carbonyl (C=O) groups excluding carboxylic acids is 1. The van der Waals surface area contributed by atoms with Crippen LogP contribution in [0.15, 0.2) is 45.4 Å². The molecule has 0 amide bonds. The van der Waals surface area contributed by atoms with E-state index < -0.39 is 5.78 Å². The van der Waals surface area contributed by atoms with Gasteiger partial charge < -0.3 is 13.9 Å². The van der Waals surface area contributed by atoms with Crippen LogP contribution in [-0.2, 0) is 0 Å². The number of allylic oxidation sites excluding steroid dienone is 1. The molecule has 0 atom stereocenters. The second-order valence-electron chi connectivity index (χ2n) is 3.28. The smallest absolute Gasteiger partial charge is 0.224 e. The summed E-state index contributed by atoms with van der Waals surface area (Å²) < 4.78 is 10.1. The summed E-state index contributed by atoms with van der Waals surface area (Å²) in [6.45, 7) is 1.76. The van der Waals surface area contributed by atoms with Crippen molar-refractivity contribution >= 4 is 11.5 Å². The normalized spacial score (nSPS) is 11.7. The van der Waals surface area contributed by atoms with Gasteiger partial charge in [-0.05, 0) is 31.2 Å². The Morgan fingerprint density at radius 1 is 1.31 bits per heavy atom. The second kappa shape index (κ2) is 4.10. The summed E-state index contributed by atoms with van der Waals surface area (Å²) >= 11 is 0. The topological polar surface area (TPSA) is 63.6 Å². The van der Waals surface area contributed by atoms with E-state index in [-0.39, 0.29) is 17.3 Å². The molecule has 2 aromatic rings. The number of carbonyl (C=O) groups is 1. The largest absolute Gasteiger partial charge is 0.504 e. The summed E-state index contributed by atoms with van der Waals surface area (Å²) in [4.78, 5) is 11.5. The van der Waals surface area contributed by atoms with Crippen molar-refractivity contribution in [2.24, 2.45) is 0 Å². The molecule has 4 heteroatoms. The predicted molar refractivity (Wildman–Crippen MR) is 57.1 cm³/mol. The maximum Gasteiger partial charge on any atom is 0.224 e. The molecule has 0 aliphatic rings. The lowest BCUT2D eigenvalue weighted by Gasteiger charge is -1.94. The third-order valence-electron chi connectivity index (χ3n) is 2.02. The highest BCUT2D eigenvalue weighted by Gasteiger charge is 2.10. The van der Waals surface area contributed by atoms with Gasteiger partial charge in [0.25, 0.3) is 0 Å². The van der Waals surface area contributed by atoms with Crippen LogP contribution in [0.1, 0.15) is 22.1 Å². The highest BCUT2D eigenvalue weighted by Crippen LogP contribution is 2.15. The van der Waals surface area contributed by atoms with E-state index in [0.29, 0.717) is 5.76 Å². The summed E-state index contributed by atoms with van der Waals surface area (Å²) in [5.74, 6) is 0.485. The molecule has 0 unspecified atom stereocenters. The van der Waals surface area contributed by atoms with E-state index in [9.17, 15) is 9.90 Å². The molecule has 82 valence electrons. The fraction of sp³-hybridized carbons (Fsp3) is 0.0833. The third-order valence-corrected chi connectivity index (χ3v) is 2.02. The molecular weight excluding hydrogens is 208 g/mol. The first kappa shape index (κ1) is 10.3. The van der Waals surface area contributed by atoms with Crippen molar-refractivity contribution < 1.29 is 18.7 Å². The Labute approximate surface area is 91.8 Å². The zero-order valence-electron chi connectivity index (χ0n) is 8.64. The molecule has 0 radical (unpaired) electrons. The number of aliphatic hydroxyl groups excluding tert-OH is 1. The molecule has 0 aromatic carbocycles. The molecule has 0 fully saturated rings. The van der Waals surface area contributed by atoms with Crippen LogP contribution in [0.4, 0.5) is 0 Å². The van der Waals surface area contributed by atoms with Crippen LogP contribution in [0.25, 0.3) is 5.76 Å². The van der Waals surface area contributed by atoms with Crippen LogP contribution in [0, 0.1) is 6.92 Å². The molecule has 16 heavy (non-hydrogen) atoms. The van der Waals surface area contributed by atoms with Crippen molar-refractivity contribution in [2.45, 2.75) is 6.92 Å². The number of rotatable bonds is 3. The highest BCUT2D eigenvalue weighted by molar-refractivity contribution is 6.05. The molecule has 0 bridgehead atoms. The quantitative estimate of drug-likeness (QED) is 0.488. The summed E-state index contributed by atoms with van der Waals surface area (Å²) in [7, 11) is 0. The minimum Gasteiger partial charge on any atom is -0.504 e. The number of hydrogen-bond acceptors (Lipinski definition) is 4. The van der Waals surface area contributed by atoms with Gasteiger partial charge in [0, 0.05) is 6.08 Å². The SMILES string of the molecule is Cc1ccc(C(O)=CC(=O)c2ccco2)o1. The van der Waals surface area contributed by atoms with Crippen LogP contribution in [0.3, 0.4) is 0 Å². The second-order valence-corrected chi connectivity index (χ2v) is 3.28. The van der Waals surface area contributed by atoms with Gasteiger partial charge in [0.1, 0.15) is 5.76 Å². The Kier molecular flexibility index (Phi) is 2.64. The number of furan rings is 2. The fourth-order valence-corrected chi connectivity index (χ4v) is 1.26. The van der Waals surface area contributed by atoms with Crippen LogP contribution < -0.4 is 0 Å². The molecule has 0 aliphatic heterocycles. The van der Waals surface area contributed by atoms with Crippen molar-refractivity contribution in [1.82, 2.24) is 0 Å². The Morgan fingerprint density at radius 3 is 2.69 bits per heavy atom. The first-order valence-electron chi connectivity index (χ1n) is 4.72. The molecule has 2 aromatic heterocycles. The number of aryl methyl sites for hydroxylation is 1. The van der Waals surface area contributed by atoms with E-state index in [1.165, 1.54) is 12.3 Å². The maximum atomic E-state index is 11.5. The fourth-order valence-electron chi connectivity index (χ4n) is 1.26. The van der Waals surface area contributed by atoms with Gasteiger partial charge >= 0.3 is 0 Å². The molecule has 2 rings (SSSR count). The Balaban J connectivity index is 2.22. The summed E-state index contributed by atoms with van der Waals surface area (Å²) in [6.07, 6.45) is 2.46. The summed E-state index contributed by atoms with van der Waals surface area (Å²) in [6, 6.07) is 6.43. The minimum atomic E-state index is -0.406. The Bertz CT molecular complexity index is 517. The van der Waals surface area contributed by atoms with Crippen molar-refractivity contribution in [3.63, 3.8) is 0 Å². The van der Waals surface area contributed by atoms with Crippen LogP contribution >= 0.6 is 0 Å². The van der Waals surface area contributed by atoms with Crippen LogP contribution in [0.2, 0.25) is 0 Å². The first-order chi connectivity index (χ1) is 7.66. The third kappa shape index (κ3) is 2.06. The zero-order chi connectivity index (χ0) is 11.5. The highest BCUT2D eigenvalue weighted by atomic mass is 16.4. The van der Waals surface area contributed by atoms with Crippen molar-refractivity contribution in [1.29, 1.82) is 0 Å². The zero-order valence-corrected chi connectivity index (χ0v) is 8.64. The van der Waals surface area contributed by atoms with Crippen molar-refractivity contribution in [3.8, 4) is 0 Å². The van der Waals surface area contributed by atoms with Gasteiger partial charge in [-0.25, -0.2) is 0 Å². The average Bonchev–Trinajstić information content (AvgIpc) is 2.87. The van der Waals surface area contributed by atoms with Gasteiger partial charge in [-0.15, -0.1) is 0 Å². The molecule has 0 spiro atoms. The van der Waals surface area contributed by atoms with Gasteiger partial charge in [-0.3, -0.25) is 4.79 Å². The summed E-state index contributed by atoms with van der Waals surface area (Å²) in [5.41, 5.74) is 0. The van der Waals surface area contributed by atoms with E-state index in [0.717, 1.165) is 6.08 Å².